The van der Waals surface area contributed by atoms with Gasteiger partial charge in [-0.25, -0.2) is 0 Å². The number of likely N-dealkylation sites (N-methyl/N-ethyl adjacent to an activating group) is 1. The molecule has 28 heavy (non-hydrogen) atoms. The van der Waals surface area contributed by atoms with Gasteiger partial charge in [-0.2, -0.15) is 0 Å². The molecule has 6 nitrogen and oxygen atoms in total. The van der Waals surface area contributed by atoms with Gasteiger partial charge >= 0.3 is 0 Å². The predicted molar refractivity (Wildman–Crippen MR) is 113 cm³/mol. The third kappa shape index (κ3) is 3.02. The minimum Gasteiger partial charge on any atom is -0.339 e. The molecule has 0 bridgehead atoms. The van der Waals surface area contributed by atoms with Gasteiger partial charge in [-0.3, -0.25) is 9.59 Å². The average Bonchev–Trinajstić information content (AvgIpc) is 2.97. The number of nitrogens with zero attached hydrogens (tertiary/aromatic N) is 4. The molecule has 1 fully saturated rings. The second-order valence-electron chi connectivity index (χ2n) is 8.29. The Kier molecular flexibility index (Phi) is 4.75. The first kappa shape index (κ1) is 18.7. The molecule has 2 aromatic heterocycles. The Morgan fingerprint density at radius 1 is 1.07 bits per heavy atom. The number of pyridine rings is 1. The van der Waals surface area contributed by atoms with Gasteiger partial charge in [0.1, 0.15) is 5.52 Å². The summed E-state index contributed by atoms with van der Waals surface area (Å²) in [6.45, 7) is 7.93. The topological polar surface area (TPSA) is 50.5 Å². The molecule has 3 heterocycles. The van der Waals surface area contributed by atoms with Crippen molar-refractivity contribution in [1.29, 1.82) is 0 Å². The summed E-state index contributed by atoms with van der Waals surface area (Å²) in [6, 6.07) is 7.94. The number of piperazine rings is 1. The smallest absolute Gasteiger partial charge is 0.275 e. The van der Waals surface area contributed by atoms with Gasteiger partial charge in [0, 0.05) is 62.3 Å². The van der Waals surface area contributed by atoms with Crippen molar-refractivity contribution in [2.75, 3.05) is 33.2 Å². The molecule has 0 aliphatic carbocycles. The Hall–Kier alpha value is -2.60. The molecule has 1 aromatic carbocycles. The number of hydrogen-bond acceptors (Lipinski definition) is 3. The van der Waals surface area contributed by atoms with Crippen LogP contribution < -0.4 is 5.56 Å². The lowest BCUT2D eigenvalue weighted by Gasteiger charge is -2.32. The molecule has 0 radical (unpaired) electrons. The van der Waals surface area contributed by atoms with Crippen molar-refractivity contribution < 1.29 is 4.79 Å². The van der Waals surface area contributed by atoms with Gasteiger partial charge in [-0.1, -0.05) is 32.0 Å². The zero-order valence-corrected chi connectivity index (χ0v) is 17.1. The Morgan fingerprint density at radius 3 is 2.43 bits per heavy atom. The van der Waals surface area contributed by atoms with Crippen LogP contribution >= 0.6 is 0 Å². The van der Waals surface area contributed by atoms with Crippen molar-refractivity contribution in [1.82, 2.24) is 18.9 Å². The zero-order chi connectivity index (χ0) is 20.0. The van der Waals surface area contributed by atoms with Gasteiger partial charge in [-0.05, 0) is 19.0 Å². The molecule has 4 rings (SSSR count). The molecule has 0 atom stereocenters. The molecule has 1 saturated heterocycles. The number of para-hydroxylation sites is 1. The van der Waals surface area contributed by atoms with E-state index in [2.05, 4.69) is 25.8 Å². The number of carbonyl (C=O) groups excluding carboxylic acids is 1. The molecular formula is C22H28N4O2. The van der Waals surface area contributed by atoms with Crippen molar-refractivity contribution >= 4 is 27.7 Å². The maximum atomic E-state index is 13.5. The summed E-state index contributed by atoms with van der Waals surface area (Å²) in [6.07, 6.45) is 1.79. The standard InChI is InChI=1S/C22H28N4O2/c1-15(2)13-26-14-17(21(27)25-11-9-23(3)10-12-25)19-16-7-5-6-8-18(16)24(4)20(19)22(26)28/h5-8,14-15H,9-13H2,1-4H3. The molecule has 148 valence electrons. The van der Waals surface area contributed by atoms with Gasteiger partial charge in [0.25, 0.3) is 11.5 Å². The third-order valence-corrected chi connectivity index (χ3v) is 5.71. The van der Waals surface area contributed by atoms with Crippen LogP contribution in [0.25, 0.3) is 21.8 Å². The number of fused-ring (bicyclic) bond motifs is 3. The first-order chi connectivity index (χ1) is 13.4. The number of aromatic nitrogens is 2. The van der Waals surface area contributed by atoms with E-state index in [9.17, 15) is 9.59 Å². The number of carbonyl (C=O) groups is 1. The van der Waals surface area contributed by atoms with Crippen LogP contribution in [0, 0.1) is 5.92 Å². The summed E-state index contributed by atoms with van der Waals surface area (Å²) in [4.78, 5) is 30.9. The van der Waals surface area contributed by atoms with Crippen LogP contribution in [0.4, 0.5) is 0 Å². The van der Waals surface area contributed by atoms with Gasteiger partial charge in [-0.15, -0.1) is 0 Å². The fraction of sp³-hybridized carbons (Fsp3) is 0.455. The van der Waals surface area contributed by atoms with E-state index in [0.717, 1.165) is 29.4 Å². The van der Waals surface area contributed by atoms with Crippen LogP contribution in [0.2, 0.25) is 0 Å². The molecule has 3 aromatic rings. The Morgan fingerprint density at radius 2 is 1.75 bits per heavy atom. The maximum absolute atomic E-state index is 13.5. The van der Waals surface area contributed by atoms with Gasteiger partial charge in [0.05, 0.1) is 5.56 Å². The van der Waals surface area contributed by atoms with Crippen LogP contribution in [0.3, 0.4) is 0 Å². The van der Waals surface area contributed by atoms with Crippen molar-refractivity contribution in [2.24, 2.45) is 13.0 Å². The monoisotopic (exact) mass is 380 g/mol. The number of hydrogen-bond donors (Lipinski definition) is 0. The van der Waals surface area contributed by atoms with Gasteiger partial charge < -0.3 is 18.9 Å². The number of aryl methyl sites for hydroxylation is 1. The predicted octanol–water partition coefficient (Wildman–Crippen LogP) is 2.54. The first-order valence-corrected chi connectivity index (χ1v) is 9.97. The fourth-order valence-corrected chi connectivity index (χ4v) is 4.20. The molecule has 1 amide bonds. The molecular weight excluding hydrogens is 352 g/mol. The minimum absolute atomic E-state index is 0.0203. The molecule has 0 unspecified atom stereocenters. The van der Waals surface area contributed by atoms with Gasteiger partial charge in [0.15, 0.2) is 0 Å². The second-order valence-corrected chi connectivity index (χ2v) is 8.29. The lowest BCUT2D eigenvalue weighted by atomic mass is 10.1. The van der Waals surface area contributed by atoms with Crippen LogP contribution in [-0.2, 0) is 13.6 Å². The zero-order valence-electron chi connectivity index (χ0n) is 17.1. The third-order valence-electron chi connectivity index (χ3n) is 5.71. The van der Waals surface area contributed by atoms with Crippen LogP contribution in [-0.4, -0.2) is 58.1 Å². The van der Waals surface area contributed by atoms with Crippen molar-refractivity contribution in [2.45, 2.75) is 20.4 Å². The van der Waals surface area contributed by atoms with Crippen molar-refractivity contribution in [3.8, 4) is 0 Å². The van der Waals surface area contributed by atoms with E-state index < -0.39 is 0 Å². The highest BCUT2D eigenvalue weighted by Crippen LogP contribution is 2.30. The van der Waals surface area contributed by atoms with E-state index in [4.69, 9.17) is 0 Å². The molecule has 1 aliphatic heterocycles. The van der Waals surface area contributed by atoms with Crippen LogP contribution in [0.1, 0.15) is 24.2 Å². The highest BCUT2D eigenvalue weighted by Gasteiger charge is 2.26. The van der Waals surface area contributed by atoms with Crippen LogP contribution in [0.5, 0.6) is 0 Å². The highest BCUT2D eigenvalue weighted by atomic mass is 16.2. The van der Waals surface area contributed by atoms with Crippen molar-refractivity contribution in [3.63, 3.8) is 0 Å². The largest absolute Gasteiger partial charge is 0.339 e. The first-order valence-electron chi connectivity index (χ1n) is 9.97. The Balaban J connectivity index is 1.98. The highest BCUT2D eigenvalue weighted by molar-refractivity contribution is 6.17. The Bertz CT molecular complexity index is 1100. The number of benzene rings is 1. The SMILES string of the molecule is CC(C)Cn1cc(C(=O)N2CCN(C)CC2)c2c3ccccc3n(C)c2c1=O. The van der Waals surface area contributed by atoms with E-state index in [1.807, 2.05) is 40.8 Å². The summed E-state index contributed by atoms with van der Waals surface area (Å²) < 4.78 is 3.65. The lowest BCUT2D eigenvalue weighted by molar-refractivity contribution is 0.0665. The van der Waals surface area contributed by atoms with Crippen LogP contribution in [0.15, 0.2) is 35.3 Å². The molecule has 0 N–H and O–H groups in total. The van der Waals surface area contributed by atoms with E-state index >= 15 is 0 Å². The number of rotatable bonds is 3. The quantitative estimate of drug-likeness (QED) is 0.702. The van der Waals surface area contributed by atoms with E-state index in [1.165, 1.54) is 0 Å². The maximum Gasteiger partial charge on any atom is 0.275 e. The molecule has 0 saturated carbocycles. The minimum atomic E-state index is -0.0303. The summed E-state index contributed by atoms with van der Waals surface area (Å²) in [5.74, 6) is 0.336. The normalized spacial score (nSPS) is 15.8. The van der Waals surface area contributed by atoms with Gasteiger partial charge in [0.2, 0.25) is 0 Å². The molecule has 0 spiro atoms. The van der Waals surface area contributed by atoms with Crippen molar-refractivity contribution in [3.05, 3.63) is 46.4 Å². The summed E-state index contributed by atoms with van der Waals surface area (Å²) in [7, 11) is 3.99. The van der Waals surface area contributed by atoms with E-state index in [1.54, 1.807) is 10.8 Å². The Labute approximate surface area is 164 Å². The summed E-state index contributed by atoms with van der Waals surface area (Å²) in [5.41, 5.74) is 2.19. The fourth-order valence-electron chi connectivity index (χ4n) is 4.20. The number of amides is 1. The summed E-state index contributed by atoms with van der Waals surface area (Å²) >= 11 is 0. The molecule has 6 heteroatoms. The average molecular weight is 380 g/mol. The lowest BCUT2D eigenvalue weighted by Crippen LogP contribution is -2.47. The second kappa shape index (κ2) is 7.09. The van der Waals surface area contributed by atoms with E-state index in [-0.39, 0.29) is 11.5 Å². The van der Waals surface area contributed by atoms with E-state index in [0.29, 0.717) is 36.6 Å². The summed E-state index contributed by atoms with van der Waals surface area (Å²) in [5, 5.41) is 1.75. The molecule has 1 aliphatic rings.